The molecule has 0 spiro atoms. The molecule has 6 heteroatoms. The number of nitrogens with one attached hydrogen (secondary N) is 2. The van der Waals surface area contributed by atoms with E-state index in [4.69, 9.17) is 9.97 Å². The first-order valence-electron chi connectivity index (χ1n) is 10.8. The van der Waals surface area contributed by atoms with E-state index in [1.165, 1.54) is 6.07 Å². The lowest BCUT2D eigenvalue weighted by Gasteiger charge is -2.30. The Morgan fingerprint density at radius 3 is 2.40 bits per heavy atom. The fourth-order valence-electron chi connectivity index (χ4n) is 4.20. The van der Waals surface area contributed by atoms with Crippen LogP contribution in [0, 0.1) is 5.82 Å². The van der Waals surface area contributed by atoms with E-state index >= 15 is 0 Å². The molecule has 0 amide bonds. The van der Waals surface area contributed by atoms with Crippen LogP contribution in [-0.4, -0.2) is 42.7 Å². The van der Waals surface area contributed by atoms with Gasteiger partial charge in [0.1, 0.15) is 11.6 Å². The van der Waals surface area contributed by atoms with E-state index in [1.807, 2.05) is 49.3 Å². The molecule has 4 rings (SSSR count). The molecule has 5 nitrogen and oxygen atoms in total. The second-order valence-electron chi connectivity index (χ2n) is 8.27. The van der Waals surface area contributed by atoms with Crippen molar-refractivity contribution in [3.05, 3.63) is 59.9 Å². The van der Waals surface area contributed by atoms with Crippen LogP contribution in [0.15, 0.2) is 48.5 Å². The van der Waals surface area contributed by atoms with Crippen LogP contribution < -0.4 is 15.5 Å². The molecular weight excluding hydrogens is 377 g/mol. The first-order valence-corrected chi connectivity index (χ1v) is 10.8. The molecule has 1 fully saturated rings. The number of hydrogen-bond acceptors (Lipinski definition) is 5. The highest BCUT2D eigenvalue weighted by atomic mass is 19.1. The van der Waals surface area contributed by atoms with Gasteiger partial charge in [-0.3, -0.25) is 0 Å². The van der Waals surface area contributed by atoms with Gasteiger partial charge in [0.2, 0.25) is 5.95 Å². The molecule has 2 aromatic carbocycles. The zero-order valence-electron chi connectivity index (χ0n) is 17.7. The van der Waals surface area contributed by atoms with Crippen molar-refractivity contribution in [3.63, 3.8) is 0 Å². The zero-order valence-corrected chi connectivity index (χ0v) is 17.7. The highest BCUT2D eigenvalue weighted by Crippen LogP contribution is 2.26. The van der Waals surface area contributed by atoms with Gasteiger partial charge in [0.15, 0.2) is 0 Å². The Labute approximate surface area is 177 Å². The van der Waals surface area contributed by atoms with Gasteiger partial charge in [-0.1, -0.05) is 30.3 Å². The summed E-state index contributed by atoms with van der Waals surface area (Å²) in [6, 6.07) is 16.0. The van der Waals surface area contributed by atoms with Crippen LogP contribution in [0.1, 0.15) is 31.2 Å². The highest BCUT2D eigenvalue weighted by Gasteiger charge is 2.22. The summed E-state index contributed by atoms with van der Waals surface area (Å²) in [5.41, 5.74) is 1.74. The van der Waals surface area contributed by atoms with E-state index in [2.05, 4.69) is 16.7 Å². The van der Waals surface area contributed by atoms with E-state index in [0.29, 0.717) is 18.0 Å². The standard InChI is InChI=1S/C24H30FN5/c1-30(2)23-20-8-4-6-10-22(20)28-24(29-23)27-19-13-11-18(12-14-19)26-16-15-17-7-3-5-9-21(17)25/h3-10,18-19,26H,11-16H2,1-2H3,(H,27,28,29)/t18-,19+. The zero-order chi connectivity index (χ0) is 20.9. The van der Waals surface area contributed by atoms with Gasteiger partial charge in [0.05, 0.1) is 5.52 Å². The molecular formula is C24H30FN5. The topological polar surface area (TPSA) is 53.1 Å². The molecule has 30 heavy (non-hydrogen) atoms. The third kappa shape index (κ3) is 4.87. The minimum Gasteiger partial charge on any atom is -0.362 e. The molecule has 0 aliphatic heterocycles. The highest BCUT2D eigenvalue weighted by molar-refractivity contribution is 5.90. The average molecular weight is 408 g/mol. The summed E-state index contributed by atoms with van der Waals surface area (Å²) in [6.07, 6.45) is 5.07. The summed E-state index contributed by atoms with van der Waals surface area (Å²) in [7, 11) is 4.02. The van der Waals surface area contributed by atoms with E-state index in [1.54, 1.807) is 6.07 Å². The van der Waals surface area contributed by atoms with Crippen molar-refractivity contribution in [2.45, 2.75) is 44.2 Å². The molecule has 3 aromatic rings. The van der Waals surface area contributed by atoms with Crippen LogP contribution in [0.3, 0.4) is 0 Å². The van der Waals surface area contributed by atoms with Gasteiger partial charge in [0, 0.05) is 31.6 Å². The number of rotatable bonds is 7. The predicted octanol–water partition coefficient (Wildman–Crippen LogP) is 4.39. The maximum atomic E-state index is 13.7. The molecule has 1 aliphatic carbocycles. The molecule has 0 unspecified atom stereocenters. The van der Waals surface area contributed by atoms with Crippen molar-refractivity contribution in [1.29, 1.82) is 0 Å². The fraction of sp³-hybridized carbons (Fsp3) is 0.417. The lowest BCUT2D eigenvalue weighted by Crippen LogP contribution is -2.38. The first-order chi connectivity index (χ1) is 14.6. The van der Waals surface area contributed by atoms with Gasteiger partial charge in [-0.15, -0.1) is 0 Å². The molecule has 158 valence electrons. The van der Waals surface area contributed by atoms with Crippen LogP contribution in [0.25, 0.3) is 10.9 Å². The van der Waals surface area contributed by atoms with E-state index < -0.39 is 0 Å². The van der Waals surface area contributed by atoms with Crippen molar-refractivity contribution in [1.82, 2.24) is 15.3 Å². The Morgan fingerprint density at radius 2 is 1.63 bits per heavy atom. The Hall–Kier alpha value is -2.73. The van der Waals surface area contributed by atoms with Crippen LogP contribution in [-0.2, 0) is 6.42 Å². The first kappa shape index (κ1) is 20.5. The third-order valence-corrected chi connectivity index (χ3v) is 5.85. The van der Waals surface area contributed by atoms with Crippen LogP contribution in [0.4, 0.5) is 16.2 Å². The molecule has 0 bridgehead atoms. The number of fused-ring (bicyclic) bond motifs is 1. The Kier molecular flexibility index (Phi) is 6.43. The molecule has 0 saturated heterocycles. The quantitative estimate of drug-likeness (QED) is 0.608. The van der Waals surface area contributed by atoms with E-state index in [-0.39, 0.29) is 5.82 Å². The maximum Gasteiger partial charge on any atom is 0.225 e. The van der Waals surface area contributed by atoms with Gasteiger partial charge in [-0.05, 0) is 62.4 Å². The minimum absolute atomic E-state index is 0.111. The average Bonchev–Trinajstić information content (AvgIpc) is 2.75. The largest absolute Gasteiger partial charge is 0.362 e. The van der Waals surface area contributed by atoms with Gasteiger partial charge >= 0.3 is 0 Å². The molecule has 1 saturated carbocycles. The summed E-state index contributed by atoms with van der Waals surface area (Å²) >= 11 is 0. The Balaban J connectivity index is 1.30. The van der Waals surface area contributed by atoms with Gasteiger partial charge < -0.3 is 15.5 Å². The van der Waals surface area contributed by atoms with E-state index in [0.717, 1.165) is 60.9 Å². The second kappa shape index (κ2) is 9.39. The van der Waals surface area contributed by atoms with Crippen molar-refractivity contribution in [2.75, 3.05) is 30.9 Å². The van der Waals surface area contributed by atoms with Crippen LogP contribution in [0.2, 0.25) is 0 Å². The monoisotopic (exact) mass is 407 g/mol. The summed E-state index contributed by atoms with van der Waals surface area (Å²) in [5.74, 6) is 1.53. The van der Waals surface area contributed by atoms with Crippen molar-refractivity contribution >= 4 is 22.7 Å². The van der Waals surface area contributed by atoms with Crippen molar-refractivity contribution in [3.8, 4) is 0 Å². The SMILES string of the molecule is CN(C)c1nc(N[C@H]2CC[C@@H](NCCc3ccccc3F)CC2)nc2ccccc12. The van der Waals surface area contributed by atoms with Gasteiger partial charge in [0.25, 0.3) is 0 Å². The smallest absolute Gasteiger partial charge is 0.225 e. The predicted molar refractivity (Wildman–Crippen MR) is 122 cm³/mol. The van der Waals surface area contributed by atoms with Gasteiger partial charge in [-0.2, -0.15) is 4.98 Å². The second-order valence-corrected chi connectivity index (χ2v) is 8.27. The van der Waals surface area contributed by atoms with Gasteiger partial charge in [-0.25, -0.2) is 9.37 Å². The summed E-state index contributed by atoms with van der Waals surface area (Å²) in [5, 5.41) is 8.22. The molecule has 1 aliphatic rings. The summed E-state index contributed by atoms with van der Waals surface area (Å²) in [6.45, 7) is 0.809. The normalized spacial score (nSPS) is 19.0. The number of hydrogen-bond donors (Lipinski definition) is 2. The number of benzene rings is 2. The fourth-order valence-corrected chi connectivity index (χ4v) is 4.20. The minimum atomic E-state index is -0.111. The summed E-state index contributed by atoms with van der Waals surface area (Å²) < 4.78 is 13.7. The maximum absolute atomic E-state index is 13.7. The Morgan fingerprint density at radius 1 is 0.933 bits per heavy atom. The molecule has 0 atom stereocenters. The lowest BCUT2D eigenvalue weighted by molar-refractivity contribution is 0.354. The number of para-hydroxylation sites is 1. The summed E-state index contributed by atoms with van der Waals surface area (Å²) in [4.78, 5) is 11.5. The number of halogens is 1. The van der Waals surface area contributed by atoms with E-state index in [9.17, 15) is 4.39 Å². The molecule has 1 heterocycles. The number of nitrogens with zero attached hydrogens (tertiary/aromatic N) is 3. The number of aromatic nitrogens is 2. The van der Waals surface area contributed by atoms with Crippen molar-refractivity contribution in [2.24, 2.45) is 0 Å². The van der Waals surface area contributed by atoms with Crippen LogP contribution in [0.5, 0.6) is 0 Å². The van der Waals surface area contributed by atoms with Crippen molar-refractivity contribution < 1.29 is 4.39 Å². The number of anilines is 2. The molecule has 0 radical (unpaired) electrons. The third-order valence-electron chi connectivity index (χ3n) is 5.85. The molecule has 2 N–H and O–H groups in total. The van der Waals surface area contributed by atoms with Crippen LogP contribution >= 0.6 is 0 Å². The Bertz CT molecular complexity index is 982. The molecule has 1 aromatic heterocycles. The lowest BCUT2D eigenvalue weighted by atomic mass is 9.91.